The number of halogens is 3. The minimum Gasteiger partial charge on any atom is -0.467 e. The molecule has 4 rings (SSSR count). The summed E-state index contributed by atoms with van der Waals surface area (Å²) in [4.78, 5) is 23.3. The fourth-order valence-electron chi connectivity index (χ4n) is 3.98. The van der Waals surface area contributed by atoms with Crippen molar-refractivity contribution in [1.29, 1.82) is 0 Å². The van der Waals surface area contributed by atoms with Crippen LogP contribution in [0.2, 0.25) is 5.02 Å². The molecule has 1 amide bonds. The molecule has 184 valence electrons. The van der Waals surface area contributed by atoms with E-state index in [1.165, 1.54) is 26.0 Å². The van der Waals surface area contributed by atoms with E-state index in [-0.39, 0.29) is 28.2 Å². The third-order valence-corrected chi connectivity index (χ3v) is 6.28. The Morgan fingerprint density at radius 1 is 1.17 bits per heavy atom. The van der Waals surface area contributed by atoms with Gasteiger partial charge in [-0.1, -0.05) is 23.7 Å². The number of benzene rings is 2. The molecule has 7 nitrogen and oxygen atoms in total. The summed E-state index contributed by atoms with van der Waals surface area (Å²) in [6.45, 7) is 5.12. The fraction of sp³-hybridized carbons (Fsp3) is 0.320. The van der Waals surface area contributed by atoms with Crippen molar-refractivity contribution in [1.82, 2.24) is 20.2 Å². The van der Waals surface area contributed by atoms with Crippen LogP contribution in [0.25, 0.3) is 11.3 Å². The van der Waals surface area contributed by atoms with E-state index in [2.05, 4.69) is 20.2 Å². The Balaban J connectivity index is 1.44. The molecule has 0 aliphatic carbocycles. The Hall–Kier alpha value is -3.30. The molecule has 1 aliphatic heterocycles. The number of anilines is 1. The summed E-state index contributed by atoms with van der Waals surface area (Å²) in [5, 5.41) is 2.57. The van der Waals surface area contributed by atoms with Crippen LogP contribution in [0, 0.1) is 11.6 Å². The summed E-state index contributed by atoms with van der Waals surface area (Å²) in [6, 6.07) is 8.80. The van der Waals surface area contributed by atoms with E-state index in [1.54, 1.807) is 24.3 Å². The molecular weight excluding hydrogens is 476 g/mol. The highest BCUT2D eigenvalue weighted by Gasteiger charge is 2.22. The van der Waals surface area contributed by atoms with Gasteiger partial charge in [-0.2, -0.15) is 0 Å². The maximum absolute atomic E-state index is 14.3. The predicted molar refractivity (Wildman–Crippen MR) is 130 cm³/mol. The van der Waals surface area contributed by atoms with Crippen molar-refractivity contribution in [2.45, 2.75) is 25.9 Å². The van der Waals surface area contributed by atoms with Gasteiger partial charge >= 0.3 is 0 Å². The molecule has 10 heteroatoms. The number of likely N-dealkylation sites (tertiary alicyclic amines) is 1. The minimum absolute atomic E-state index is 0.0115. The largest absolute Gasteiger partial charge is 0.467 e. The van der Waals surface area contributed by atoms with Crippen molar-refractivity contribution in [2.24, 2.45) is 0 Å². The lowest BCUT2D eigenvalue weighted by molar-refractivity contribution is 0.0949. The molecule has 1 atom stereocenters. The summed E-state index contributed by atoms with van der Waals surface area (Å²) < 4.78 is 33.8. The summed E-state index contributed by atoms with van der Waals surface area (Å²) in [5.41, 5.74) is 7.40. The van der Waals surface area contributed by atoms with Crippen LogP contribution in [-0.2, 0) is 0 Å². The number of nitrogens with two attached hydrogens (primary N) is 1. The Morgan fingerprint density at radius 2 is 1.86 bits per heavy atom. The molecule has 1 unspecified atom stereocenters. The summed E-state index contributed by atoms with van der Waals surface area (Å²) in [5.74, 6) is -1.67. The lowest BCUT2D eigenvalue weighted by Crippen LogP contribution is -2.33. The van der Waals surface area contributed by atoms with Crippen LogP contribution in [0.3, 0.4) is 0 Å². The van der Waals surface area contributed by atoms with Gasteiger partial charge in [-0.3, -0.25) is 4.79 Å². The normalized spacial score (nSPS) is 14.6. The Labute approximate surface area is 207 Å². The van der Waals surface area contributed by atoms with Gasteiger partial charge in [-0.25, -0.2) is 18.7 Å². The molecule has 1 aliphatic rings. The Bertz CT molecular complexity index is 1200. The van der Waals surface area contributed by atoms with Crippen molar-refractivity contribution in [3.8, 4) is 17.1 Å². The highest BCUT2D eigenvalue weighted by Crippen LogP contribution is 2.33. The minimum atomic E-state index is -0.975. The van der Waals surface area contributed by atoms with Crippen LogP contribution in [0.5, 0.6) is 5.88 Å². The summed E-state index contributed by atoms with van der Waals surface area (Å²) in [6.07, 6.45) is 2.92. The maximum Gasteiger partial charge on any atom is 0.258 e. The number of nitrogens with zero attached hydrogens (tertiary/aromatic N) is 3. The van der Waals surface area contributed by atoms with Crippen molar-refractivity contribution < 1.29 is 18.3 Å². The molecular formula is C25H26ClF2N5O2. The first-order valence-electron chi connectivity index (χ1n) is 11.4. The summed E-state index contributed by atoms with van der Waals surface area (Å²) >= 11 is 5.93. The number of ether oxygens (including phenoxy) is 1. The number of carbonyl (C=O) groups is 1. The lowest BCUT2D eigenvalue weighted by atomic mass is 10.1. The predicted octanol–water partition coefficient (Wildman–Crippen LogP) is 4.62. The van der Waals surface area contributed by atoms with Crippen molar-refractivity contribution >= 4 is 23.3 Å². The Morgan fingerprint density at radius 3 is 2.57 bits per heavy atom. The molecule has 1 aromatic heterocycles. The summed E-state index contributed by atoms with van der Waals surface area (Å²) in [7, 11) is 0. The second kappa shape index (κ2) is 11.0. The zero-order valence-corrected chi connectivity index (χ0v) is 20.0. The van der Waals surface area contributed by atoms with E-state index in [0.717, 1.165) is 31.8 Å². The average Bonchev–Trinajstić information content (AvgIpc) is 3.37. The van der Waals surface area contributed by atoms with E-state index in [1.807, 2.05) is 0 Å². The molecule has 1 fully saturated rings. The zero-order valence-electron chi connectivity index (χ0n) is 19.2. The molecule has 0 radical (unpaired) electrons. The SMILES string of the molecule is CC(Oc1nc(-c2ccc(C(=O)NCCN3CCCC3)cc2)cnc1N)c1c(F)ccc(F)c1Cl. The number of rotatable bonds is 8. The molecule has 2 aromatic carbocycles. The van der Waals surface area contributed by atoms with E-state index in [0.29, 0.717) is 23.4 Å². The van der Waals surface area contributed by atoms with Gasteiger partial charge in [0.15, 0.2) is 5.82 Å². The molecule has 3 aromatic rings. The zero-order chi connectivity index (χ0) is 24.9. The maximum atomic E-state index is 14.3. The number of nitrogens with one attached hydrogen (secondary N) is 1. The van der Waals surface area contributed by atoms with E-state index in [9.17, 15) is 13.6 Å². The van der Waals surface area contributed by atoms with Crippen LogP contribution in [0.1, 0.15) is 41.8 Å². The smallest absolute Gasteiger partial charge is 0.258 e. The van der Waals surface area contributed by atoms with Crippen LogP contribution in [0.15, 0.2) is 42.6 Å². The third-order valence-electron chi connectivity index (χ3n) is 5.90. The van der Waals surface area contributed by atoms with Gasteiger partial charge in [0.2, 0.25) is 0 Å². The topological polar surface area (TPSA) is 93.4 Å². The van der Waals surface area contributed by atoms with Crippen LogP contribution in [0.4, 0.5) is 14.6 Å². The van der Waals surface area contributed by atoms with Gasteiger partial charge in [0.25, 0.3) is 11.8 Å². The second-order valence-electron chi connectivity index (χ2n) is 8.34. The van der Waals surface area contributed by atoms with Gasteiger partial charge < -0.3 is 20.7 Å². The van der Waals surface area contributed by atoms with Crippen molar-refractivity contribution in [2.75, 3.05) is 31.9 Å². The van der Waals surface area contributed by atoms with Gasteiger partial charge in [-0.15, -0.1) is 0 Å². The standard InChI is InChI=1S/C25H26ClF2N5O2/c1-15(21-18(27)8-9-19(28)22(21)26)35-25-23(29)31-14-20(32-25)16-4-6-17(7-5-16)24(34)30-10-13-33-11-2-3-12-33/h4-9,14-15H,2-3,10-13H2,1H3,(H2,29,31)(H,30,34). The van der Waals surface area contributed by atoms with E-state index in [4.69, 9.17) is 22.1 Å². The number of hydrogen-bond donors (Lipinski definition) is 2. The highest BCUT2D eigenvalue weighted by atomic mass is 35.5. The lowest BCUT2D eigenvalue weighted by Gasteiger charge is -2.18. The quantitative estimate of drug-likeness (QED) is 0.437. The number of carbonyl (C=O) groups excluding carboxylic acids is 1. The highest BCUT2D eigenvalue weighted by molar-refractivity contribution is 6.31. The first-order chi connectivity index (χ1) is 16.8. The van der Waals surface area contributed by atoms with Crippen LogP contribution in [-0.4, -0.2) is 47.0 Å². The number of nitrogen functional groups attached to an aromatic ring is 1. The first-order valence-corrected chi connectivity index (χ1v) is 11.7. The number of hydrogen-bond acceptors (Lipinski definition) is 6. The molecule has 0 bridgehead atoms. The molecule has 35 heavy (non-hydrogen) atoms. The van der Waals surface area contributed by atoms with Gasteiger partial charge in [0.1, 0.15) is 17.7 Å². The van der Waals surface area contributed by atoms with Gasteiger partial charge in [0.05, 0.1) is 16.9 Å². The third kappa shape index (κ3) is 5.86. The fourth-order valence-corrected chi connectivity index (χ4v) is 4.28. The van der Waals surface area contributed by atoms with Crippen molar-refractivity contribution in [3.05, 3.63) is 70.4 Å². The first kappa shape index (κ1) is 24.8. The molecule has 0 saturated carbocycles. The van der Waals surface area contributed by atoms with Crippen LogP contribution >= 0.6 is 11.6 Å². The van der Waals surface area contributed by atoms with Crippen LogP contribution < -0.4 is 15.8 Å². The van der Waals surface area contributed by atoms with Crippen molar-refractivity contribution in [3.63, 3.8) is 0 Å². The molecule has 3 N–H and O–H groups in total. The molecule has 0 spiro atoms. The molecule has 1 saturated heterocycles. The van der Waals surface area contributed by atoms with Gasteiger partial charge in [-0.05, 0) is 57.1 Å². The Kier molecular flexibility index (Phi) is 7.77. The second-order valence-corrected chi connectivity index (χ2v) is 8.72. The van der Waals surface area contributed by atoms with E-state index >= 15 is 0 Å². The monoisotopic (exact) mass is 501 g/mol. The van der Waals surface area contributed by atoms with Gasteiger partial charge in [0, 0.05) is 29.8 Å². The van der Waals surface area contributed by atoms with E-state index < -0.39 is 17.7 Å². The average molecular weight is 502 g/mol. The number of amides is 1. The number of aromatic nitrogens is 2. The molecule has 2 heterocycles.